The Hall–Kier alpha value is -1.38. The molecule has 0 aliphatic carbocycles. The van der Waals surface area contributed by atoms with Gasteiger partial charge in [-0.3, -0.25) is 4.79 Å². The Labute approximate surface area is 161 Å². The van der Waals surface area contributed by atoms with Gasteiger partial charge in [-0.25, -0.2) is 4.57 Å². The maximum absolute atomic E-state index is 11.7. The number of hydrogen-bond acceptors (Lipinski definition) is 2. The van der Waals surface area contributed by atoms with E-state index < -0.39 is 0 Å². The zero-order valence-electron chi connectivity index (χ0n) is 17.0. The summed E-state index contributed by atoms with van der Waals surface area (Å²) < 4.78 is 7.32. The molecule has 1 rings (SSSR count). The number of rotatable bonds is 17. The normalized spacial score (nSPS) is 10.8. The minimum Gasteiger partial charge on any atom is -0.459 e. The van der Waals surface area contributed by atoms with Crippen molar-refractivity contribution in [3.63, 3.8) is 0 Å². The van der Waals surface area contributed by atoms with Gasteiger partial charge in [-0.2, -0.15) is 0 Å². The van der Waals surface area contributed by atoms with Crippen molar-refractivity contribution in [2.75, 3.05) is 6.61 Å². The SMILES string of the molecule is CCCCCCCCCCCCCCCC(=O)OCC[n+]1ccccc1. The summed E-state index contributed by atoms with van der Waals surface area (Å²) >= 11 is 0. The quantitative estimate of drug-likeness (QED) is 0.193. The van der Waals surface area contributed by atoms with Crippen molar-refractivity contribution < 1.29 is 14.1 Å². The van der Waals surface area contributed by atoms with Crippen molar-refractivity contribution in [2.45, 2.75) is 103 Å². The topological polar surface area (TPSA) is 30.2 Å². The van der Waals surface area contributed by atoms with Crippen LogP contribution in [-0.4, -0.2) is 12.6 Å². The molecule has 0 radical (unpaired) electrons. The Balaban J connectivity index is 1.79. The molecule has 0 bridgehead atoms. The molecule has 0 saturated heterocycles. The van der Waals surface area contributed by atoms with Crippen molar-refractivity contribution in [3.8, 4) is 0 Å². The summed E-state index contributed by atoms with van der Waals surface area (Å²) in [5.74, 6) is -0.0513. The number of hydrogen-bond donors (Lipinski definition) is 0. The number of ether oxygens (including phenoxy) is 1. The molecule has 0 amide bonds. The van der Waals surface area contributed by atoms with Gasteiger partial charge in [0.25, 0.3) is 0 Å². The van der Waals surface area contributed by atoms with Crippen LogP contribution >= 0.6 is 0 Å². The van der Waals surface area contributed by atoms with E-state index >= 15 is 0 Å². The van der Waals surface area contributed by atoms with Crippen LogP contribution < -0.4 is 4.57 Å². The molecule has 1 aromatic rings. The van der Waals surface area contributed by atoms with Crippen LogP contribution in [0.1, 0.15) is 96.8 Å². The maximum Gasteiger partial charge on any atom is 0.306 e. The van der Waals surface area contributed by atoms with Crippen LogP contribution in [0.4, 0.5) is 0 Å². The molecule has 0 spiro atoms. The van der Waals surface area contributed by atoms with Crippen molar-refractivity contribution in [3.05, 3.63) is 30.6 Å². The lowest BCUT2D eigenvalue weighted by Crippen LogP contribution is -2.35. The molecule has 3 nitrogen and oxygen atoms in total. The highest BCUT2D eigenvalue weighted by Crippen LogP contribution is 2.13. The van der Waals surface area contributed by atoms with E-state index in [9.17, 15) is 4.79 Å². The number of pyridine rings is 1. The van der Waals surface area contributed by atoms with Gasteiger partial charge >= 0.3 is 5.97 Å². The van der Waals surface area contributed by atoms with Crippen LogP contribution in [0, 0.1) is 0 Å². The minimum absolute atomic E-state index is 0.0513. The molecular formula is C23H40NO2+. The second kappa shape index (κ2) is 17.1. The number of nitrogens with zero attached hydrogens (tertiary/aromatic N) is 1. The van der Waals surface area contributed by atoms with Gasteiger partial charge in [0, 0.05) is 18.6 Å². The van der Waals surface area contributed by atoms with Gasteiger partial charge < -0.3 is 4.74 Å². The fraction of sp³-hybridized carbons (Fsp3) is 0.739. The van der Waals surface area contributed by atoms with E-state index in [4.69, 9.17) is 4.74 Å². The molecular weight excluding hydrogens is 322 g/mol. The van der Waals surface area contributed by atoms with Gasteiger partial charge in [-0.05, 0) is 6.42 Å². The molecule has 0 saturated carbocycles. The number of aromatic nitrogens is 1. The molecule has 0 N–H and O–H groups in total. The Morgan fingerprint density at radius 3 is 1.77 bits per heavy atom. The molecule has 0 aromatic carbocycles. The maximum atomic E-state index is 11.7. The predicted octanol–water partition coefficient (Wildman–Crippen LogP) is 6.00. The van der Waals surface area contributed by atoms with Crippen molar-refractivity contribution in [2.24, 2.45) is 0 Å². The van der Waals surface area contributed by atoms with E-state index in [1.54, 1.807) is 0 Å². The Kier molecular flexibility index (Phi) is 14.9. The van der Waals surface area contributed by atoms with E-state index in [-0.39, 0.29) is 5.97 Å². The average Bonchev–Trinajstić information content (AvgIpc) is 2.66. The van der Waals surface area contributed by atoms with Crippen molar-refractivity contribution >= 4 is 5.97 Å². The smallest absolute Gasteiger partial charge is 0.306 e. The van der Waals surface area contributed by atoms with Crippen LogP contribution in [0.5, 0.6) is 0 Å². The third kappa shape index (κ3) is 13.9. The first-order chi connectivity index (χ1) is 12.8. The lowest BCUT2D eigenvalue weighted by molar-refractivity contribution is -0.697. The van der Waals surface area contributed by atoms with Crippen molar-refractivity contribution in [1.82, 2.24) is 0 Å². The average molecular weight is 363 g/mol. The molecule has 0 aliphatic rings. The van der Waals surface area contributed by atoms with E-state index in [2.05, 4.69) is 6.92 Å². The Morgan fingerprint density at radius 2 is 1.23 bits per heavy atom. The Bertz CT molecular complexity index is 433. The molecule has 1 aromatic heterocycles. The van der Waals surface area contributed by atoms with Crippen LogP contribution in [0.3, 0.4) is 0 Å². The number of carbonyl (C=O) groups excluding carboxylic acids is 1. The van der Waals surface area contributed by atoms with Crippen LogP contribution in [0.25, 0.3) is 0 Å². The zero-order valence-corrected chi connectivity index (χ0v) is 17.0. The highest BCUT2D eigenvalue weighted by Gasteiger charge is 2.05. The first kappa shape index (κ1) is 22.7. The van der Waals surface area contributed by atoms with Gasteiger partial charge in [0.05, 0.1) is 0 Å². The van der Waals surface area contributed by atoms with Crippen LogP contribution in [0.15, 0.2) is 30.6 Å². The third-order valence-corrected chi connectivity index (χ3v) is 4.87. The minimum atomic E-state index is -0.0513. The number of unbranched alkanes of at least 4 members (excludes halogenated alkanes) is 12. The van der Waals surface area contributed by atoms with Gasteiger partial charge in [0.1, 0.15) is 0 Å². The van der Waals surface area contributed by atoms with Gasteiger partial charge in [-0.1, -0.05) is 90.0 Å². The van der Waals surface area contributed by atoms with E-state index in [1.807, 2.05) is 35.2 Å². The highest BCUT2D eigenvalue weighted by atomic mass is 16.5. The van der Waals surface area contributed by atoms with Crippen LogP contribution in [-0.2, 0) is 16.1 Å². The lowest BCUT2D eigenvalue weighted by atomic mass is 10.0. The molecule has 0 aliphatic heterocycles. The third-order valence-electron chi connectivity index (χ3n) is 4.87. The molecule has 1 heterocycles. The van der Waals surface area contributed by atoms with Crippen LogP contribution in [0.2, 0.25) is 0 Å². The summed E-state index contributed by atoms with van der Waals surface area (Å²) in [5.41, 5.74) is 0. The molecule has 0 unspecified atom stereocenters. The molecule has 0 fully saturated rings. The predicted molar refractivity (Wildman–Crippen MR) is 108 cm³/mol. The molecule has 3 heteroatoms. The summed E-state index contributed by atoms with van der Waals surface area (Å²) in [6.45, 7) is 3.46. The largest absolute Gasteiger partial charge is 0.459 e. The van der Waals surface area contributed by atoms with E-state index in [0.717, 1.165) is 19.4 Å². The number of esters is 1. The fourth-order valence-electron chi connectivity index (χ4n) is 3.21. The highest BCUT2D eigenvalue weighted by molar-refractivity contribution is 5.69. The van der Waals surface area contributed by atoms with E-state index in [1.165, 1.54) is 70.6 Å². The van der Waals surface area contributed by atoms with Gasteiger partial charge in [0.15, 0.2) is 25.5 Å². The summed E-state index contributed by atoms with van der Waals surface area (Å²) in [7, 11) is 0. The van der Waals surface area contributed by atoms with Crippen molar-refractivity contribution in [1.29, 1.82) is 0 Å². The Morgan fingerprint density at radius 1 is 0.731 bits per heavy atom. The summed E-state index contributed by atoms with van der Waals surface area (Å²) in [4.78, 5) is 11.7. The van der Waals surface area contributed by atoms with E-state index in [0.29, 0.717) is 13.0 Å². The first-order valence-corrected chi connectivity index (χ1v) is 10.9. The van der Waals surface area contributed by atoms with Gasteiger partial charge in [0.2, 0.25) is 0 Å². The number of carbonyl (C=O) groups is 1. The lowest BCUT2D eigenvalue weighted by Gasteiger charge is -2.04. The summed E-state index contributed by atoms with van der Waals surface area (Å²) in [5, 5.41) is 0. The standard InChI is InChI=1S/C23H40NO2/c1-2-3-4-5-6-7-8-9-10-11-12-13-15-18-23(25)26-22-21-24-19-16-14-17-20-24/h14,16-17,19-20H,2-13,15,18,21-22H2,1H3/q+1. The molecule has 0 atom stereocenters. The second-order valence-electron chi connectivity index (χ2n) is 7.33. The fourth-order valence-corrected chi connectivity index (χ4v) is 3.21. The van der Waals surface area contributed by atoms with Gasteiger partial charge in [-0.15, -0.1) is 0 Å². The summed E-state index contributed by atoms with van der Waals surface area (Å²) in [6, 6.07) is 5.95. The summed E-state index contributed by atoms with van der Waals surface area (Å²) in [6.07, 6.45) is 21.8. The second-order valence-corrected chi connectivity index (χ2v) is 7.33. The molecule has 26 heavy (non-hydrogen) atoms. The monoisotopic (exact) mass is 362 g/mol. The molecule has 148 valence electrons. The zero-order chi connectivity index (χ0) is 18.7. The first-order valence-electron chi connectivity index (χ1n) is 10.9.